The Morgan fingerprint density at radius 3 is 2.52 bits per heavy atom. The van der Waals surface area contributed by atoms with Crippen LogP contribution in [0.1, 0.15) is 52.0 Å². The summed E-state index contributed by atoms with van der Waals surface area (Å²) in [5.41, 5.74) is 1.88. The van der Waals surface area contributed by atoms with Crippen molar-refractivity contribution in [1.82, 2.24) is 4.98 Å². The van der Waals surface area contributed by atoms with Gasteiger partial charge < -0.3 is 0 Å². The minimum absolute atomic E-state index is 0.649. The molecular formula is C24H31ClN2O2SSn. The van der Waals surface area contributed by atoms with Crippen LogP contribution in [0.15, 0.2) is 47.5 Å². The molecule has 7 heteroatoms. The number of hydrogen-bond donors (Lipinski definition) is 0. The predicted molar refractivity (Wildman–Crippen MR) is 136 cm³/mol. The number of thiazole rings is 1. The second kappa shape index (κ2) is 12.1. The number of aliphatic imine (C=N–C) groups is 1. The molecule has 0 saturated heterocycles. The van der Waals surface area contributed by atoms with Gasteiger partial charge in [0.15, 0.2) is 0 Å². The Hall–Kier alpha value is -1.31. The third-order valence-corrected chi connectivity index (χ3v) is 16.9. The summed E-state index contributed by atoms with van der Waals surface area (Å²) in [6.07, 6.45) is 6.41. The monoisotopic (exact) mass is 566 g/mol. The van der Waals surface area contributed by atoms with Crippen molar-refractivity contribution in [3.8, 4) is 11.5 Å². The molecule has 1 heterocycles. The van der Waals surface area contributed by atoms with Crippen LogP contribution in [0.5, 0.6) is 11.5 Å². The van der Waals surface area contributed by atoms with Crippen molar-refractivity contribution in [3.05, 3.63) is 48.0 Å². The van der Waals surface area contributed by atoms with Gasteiger partial charge >= 0.3 is 192 Å². The fourth-order valence-electron chi connectivity index (χ4n) is 3.31. The van der Waals surface area contributed by atoms with Crippen molar-refractivity contribution in [1.29, 1.82) is 0 Å². The van der Waals surface area contributed by atoms with E-state index in [1.165, 1.54) is 0 Å². The van der Waals surface area contributed by atoms with E-state index in [2.05, 4.69) is 23.8 Å². The fourth-order valence-corrected chi connectivity index (χ4v) is 14.5. The first kappa shape index (κ1) is 24.3. The number of para-hydroxylation sites is 1. The van der Waals surface area contributed by atoms with E-state index in [0.29, 0.717) is 6.61 Å². The maximum atomic E-state index is 7.14. The summed E-state index contributed by atoms with van der Waals surface area (Å²) in [7, 11) is 7.14. The Morgan fingerprint density at radius 2 is 1.81 bits per heavy atom. The number of unbranched alkanes of at least 4 members (excludes halogenated alkanes) is 2. The number of rotatable bonds is 12. The van der Waals surface area contributed by atoms with E-state index in [-0.39, 0.29) is 0 Å². The molecular weight excluding hydrogens is 535 g/mol. The van der Waals surface area contributed by atoms with Gasteiger partial charge in [0, 0.05) is 0 Å². The van der Waals surface area contributed by atoms with Crippen LogP contribution in [0.2, 0.25) is 8.87 Å². The first-order chi connectivity index (χ1) is 15.1. The van der Waals surface area contributed by atoms with Crippen LogP contribution in [-0.2, 0) is 0 Å². The Morgan fingerprint density at radius 1 is 1.06 bits per heavy atom. The Bertz CT molecular complexity index is 1000. The van der Waals surface area contributed by atoms with Gasteiger partial charge in [0.2, 0.25) is 0 Å². The number of aromatic nitrogens is 1. The molecule has 166 valence electrons. The van der Waals surface area contributed by atoms with Gasteiger partial charge in [-0.3, -0.25) is 0 Å². The average molecular weight is 566 g/mol. The molecule has 0 amide bonds. The van der Waals surface area contributed by atoms with Gasteiger partial charge in [-0.25, -0.2) is 0 Å². The summed E-state index contributed by atoms with van der Waals surface area (Å²) in [5, 5.41) is 0.719. The molecule has 31 heavy (non-hydrogen) atoms. The maximum absolute atomic E-state index is 7.14. The van der Waals surface area contributed by atoms with Gasteiger partial charge in [-0.15, -0.1) is 0 Å². The van der Waals surface area contributed by atoms with E-state index in [1.807, 2.05) is 55.6 Å². The van der Waals surface area contributed by atoms with E-state index in [9.17, 15) is 0 Å². The van der Waals surface area contributed by atoms with E-state index < -0.39 is 17.7 Å². The summed E-state index contributed by atoms with van der Waals surface area (Å²) >= 11 is -1.62. The zero-order valence-electron chi connectivity index (χ0n) is 18.6. The van der Waals surface area contributed by atoms with Gasteiger partial charge in [-0.2, -0.15) is 0 Å². The van der Waals surface area contributed by atoms with Crippen molar-refractivity contribution in [3.63, 3.8) is 0 Å². The third-order valence-electron chi connectivity index (χ3n) is 4.99. The molecule has 0 spiro atoms. The van der Waals surface area contributed by atoms with Crippen molar-refractivity contribution < 1.29 is 7.81 Å². The molecule has 2 aromatic carbocycles. The first-order valence-corrected chi connectivity index (χ1v) is 20.7. The van der Waals surface area contributed by atoms with Crippen molar-refractivity contribution >= 4 is 59.5 Å². The molecule has 0 aliphatic heterocycles. The molecule has 0 N–H and O–H groups in total. The summed E-state index contributed by atoms with van der Waals surface area (Å²) in [6, 6.07) is 14.0. The molecule has 0 saturated carbocycles. The summed E-state index contributed by atoms with van der Waals surface area (Å²) in [4.78, 5) is 9.27. The number of hydrogen-bond acceptors (Lipinski definition) is 5. The normalized spacial score (nSPS) is 12.0. The van der Waals surface area contributed by atoms with Crippen molar-refractivity contribution in [2.45, 2.75) is 55.3 Å². The van der Waals surface area contributed by atoms with Gasteiger partial charge in [-0.1, -0.05) is 0 Å². The molecule has 0 radical (unpaired) electrons. The third kappa shape index (κ3) is 7.09. The molecule has 3 aromatic rings. The van der Waals surface area contributed by atoms with E-state index in [0.717, 1.165) is 67.0 Å². The zero-order chi connectivity index (χ0) is 22.1. The van der Waals surface area contributed by atoms with Crippen LogP contribution >= 0.6 is 20.3 Å². The molecule has 0 unspecified atom stereocenters. The van der Waals surface area contributed by atoms with Crippen LogP contribution in [0.3, 0.4) is 0 Å². The van der Waals surface area contributed by atoms with E-state index >= 15 is 0 Å². The number of fused-ring (bicyclic) bond motifs is 1. The van der Waals surface area contributed by atoms with Crippen LogP contribution in [0.4, 0.5) is 5.13 Å². The zero-order valence-corrected chi connectivity index (χ0v) is 23.0. The molecule has 1 aromatic heterocycles. The summed E-state index contributed by atoms with van der Waals surface area (Å²) in [6.45, 7) is 7.05. The van der Waals surface area contributed by atoms with Crippen LogP contribution in [0.25, 0.3) is 10.2 Å². The van der Waals surface area contributed by atoms with Gasteiger partial charge in [0.05, 0.1) is 0 Å². The first-order valence-electron chi connectivity index (χ1n) is 11.1. The second-order valence-corrected chi connectivity index (χ2v) is 21.7. The quantitative estimate of drug-likeness (QED) is 0.165. The average Bonchev–Trinajstić information content (AvgIpc) is 3.18. The molecule has 4 nitrogen and oxygen atoms in total. The topological polar surface area (TPSA) is 43.7 Å². The molecule has 0 aliphatic rings. The minimum atomic E-state index is -3.17. The molecule has 0 bridgehead atoms. The van der Waals surface area contributed by atoms with Gasteiger partial charge in [0.25, 0.3) is 0 Å². The molecule has 0 fully saturated rings. The Balaban J connectivity index is 1.80. The molecule has 0 atom stereocenters. The van der Waals surface area contributed by atoms with Crippen molar-refractivity contribution in [2.75, 3.05) is 6.61 Å². The number of halogens is 1. The van der Waals surface area contributed by atoms with Gasteiger partial charge in [0.1, 0.15) is 0 Å². The molecule has 0 aliphatic carbocycles. The van der Waals surface area contributed by atoms with E-state index in [4.69, 9.17) is 16.7 Å². The summed E-state index contributed by atoms with van der Waals surface area (Å²) in [5.74, 6) is 1.71. The number of benzene rings is 2. The Kier molecular flexibility index (Phi) is 9.47. The standard InChI is InChI=1S/C16H14N2O2S.2C4H9.ClH.Sn/c1-2-20-12-7-8-13-15(9-12)21-16(18-13)17-10-11-5-3-4-6-14(11)19;2*1-3-4-2;;/h3-10,19H,2H2,1H3;2*1,3-4H2,2H3;1H;/q;;;;+2/p-2. The number of nitrogens with zero attached hydrogens (tertiary/aromatic N) is 2. The second-order valence-electron chi connectivity index (χ2n) is 7.55. The fraction of sp³-hybridized carbons (Fsp3) is 0.417. The van der Waals surface area contributed by atoms with Crippen LogP contribution < -0.4 is 7.81 Å². The van der Waals surface area contributed by atoms with Crippen molar-refractivity contribution in [2.24, 2.45) is 4.99 Å². The summed E-state index contributed by atoms with van der Waals surface area (Å²) < 4.78 is 15.3. The number of ether oxygens (including phenoxy) is 1. The van der Waals surface area contributed by atoms with Crippen LogP contribution in [-0.4, -0.2) is 35.5 Å². The van der Waals surface area contributed by atoms with Crippen LogP contribution in [0, 0.1) is 0 Å². The Labute approximate surface area is 197 Å². The van der Waals surface area contributed by atoms with Gasteiger partial charge in [-0.05, 0) is 6.92 Å². The molecule has 3 rings (SSSR count). The van der Waals surface area contributed by atoms with E-state index in [1.54, 1.807) is 11.3 Å². The SMILES string of the molecule is CCC[CH2][Sn]([Cl])([CH2]CCC)[O]c1ccccc1C=Nc1nc2ccc(OCC)cc2s1. The predicted octanol–water partition coefficient (Wildman–Crippen LogP) is 8.11.